The molecule has 0 aromatic carbocycles. The molecule has 0 bridgehead atoms. The molecule has 0 aliphatic carbocycles. The number of sulfone groups is 1. The van der Waals surface area contributed by atoms with Crippen molar-refractivity contribution in [1.29, 1.82) is 0 Å². The summed E-state index contributed by atoms with van der Waals surface area (Å²) in [5.41, 5.74) is 0.473. The van der Waals surface area contributed by atoms with Gasteiger partial charge in [0.15, 0.2) is 14.9 Å². The van der Waals surface area contributed by atoms with Gasteiger partial charge >= 0.3 is 0 Å². The molecule has 0 radical (unpaired) electrons. The molecule has 5 nitrogen and oxygen atoms in total. The predicted octanol–water partition coefficient (Wildman–Crippen LogP) is 0.311. The van der Waals surface area contributed by atoms with Crippen molar-refractivity contribution in [2.75, 3.05) is 12.3 Å². The standard InChI is InChI=1S/C10H15N3O2S/c1-8-10(13-6-5-11-8)16(14,15)7-9-3-2-4-12-9/h5-6,9,12H,2-4,7H2,1H3/t9-/m1/s1. The molecule has 0 unspecified atom stereocenters. The SMILES string of the molecule is Cc1nccnc1S(=O)(=O)C[C@H]1CCCN1. The maximum absolute atomic E-state index is 12.1. The van der Waals surface area contributed by atoms with Crippen LogP contribution >= 0.6 is 0 Å². The Hall–Kier alpha value is -1.01. The Kier molecular flexibility index (Phi) is 3.20. The molecule has 0 saturated carbocycles. The second-order valence-electron chi connectivity index (χ2n) is 4.02. The Labute approximate surface area is 95.2 Å². The van der Waals surface area contributed by atoms with Gasteiger partial charge in [-0.2, -0.15) is 0 Å². The quantitative estimate of drug-likeness (QED) is 0.824. The van der Waals surface area contributed by atoms with Crippen LogP contribution in [-0.2, 0) is 9.84 Å². The van der Waals surface area contributed by atoms with Gasteiger partial charge in [0.05, 0.1) is 11.4 Å². The largest absolute Gasteiger partial charge is 0.313 e. The van der Waals surface area contributed by atoms with E-state index < -0.39 is 9.84 Å². The lowest BCUT2D eigenvalue weighted by molar-refractivity contribution is 0.572. The van der Waals surface area contributed by atoms with Gasteiger partial charge in [0.2, 0.25) is 0 Å². The highest BCUT2D eigenvalue weighted by molar-refractivity contribution is 7.91. The number of nitrogens with zero attached hydrogens (tertiary/aromatic N) is 2. The Balaban J connectivity index is 2.21. The van der Waals surface area contributed by atoms with Crippen LogP contribution < -0.4 is 5.32 Å². The molecule has 1 aliphatic heterocycles. The number of hydrogen-bond acceptors (Lipinski definition) is 5. The zero-order valence-electron chi connectivity index (χ0n) is 9.18. The van der Waals surface area contributed by atoms with E-state index in [1.54, 1.807) is 6.92 Å². The Morgan fingerprint density at radius 2 is 2.19 bits per heavy atom. The maximum Gasteiger partial charge on any atom is 0.198 e. The minimum Gasteiger partial charge on any atom is -0.313 e. The zero-order valence-corrected chi connectivity index (χ0v) is 10.00. The number of hydrogen-bond donors (Lipinski definition) is 1. The third-order valence-electron chi connectivity index (χ3n) is 2.71. The number of aromatic nitrogens is 2. The highest BCUT2D eigenvalue weighted by atomic mass is 32.2. The van der Waals surface area contributed by atoms with Crippen LogP contribution in [0.4, 0.5) is 0 Å². The first-order valence-corrected chi connectivity index (χ1v) is 6.98. The molecule has 1 atom stereocenters. The van der Waals surface area contributed by atoms with E-state index in [1.165, 1.54) is 12.4 Å². The van der Waals surface area contributed by atoms with Crippen LogP contribution in [0.5, 0.6) is 0 Å². The first kappa shape index (κ1) is 11.5. The van der Waals surface area contributed by atoms with Crippen molar-refractivity contribution in [3.63, 3.8) is 0 Å². The molecule has 2 rings (SSSR count). The highest BCUT2D eigenvalue weighted by Crippen LogP contribution is 2.15. The van der Waals surface area contributed by atoms with Crippen molar-refractivity contribution in [2.24, 2.45) is 0 Å². The highest BCUT2D eigenvalue weighted by Gasteiger charge is 2.26. The Morgan fingerprint density at radius 1 is 1.44 bits per heavy atom. The Morgan fingerprint density at radius 3 is 2.81 bits per heavy atom. The fraction of sp³-hybridized carbons (Fsp3) is 0.600. The molecule has 16 heavy (non-hydrogen) atoms. The molecule has 6 heteroatoms. The van der Waals surface area contributed by atoms with Crippen LogP contribution in [0.1, 0.15) is 18.5 Å². The summed E-state index contributed by atoms with van der Waals surface area (Å²) in [5.74, 6) is 0.118. The van der Waals surface area contributed by atoms with Crippen molar-refractivity contribution in [3.05, 3.63) is 18.1 Å². The van der Waals surface area contributed by atoms with E-state index in [9.17, 15) is 8.42 Å². The van der Waals surface area contributed by atoms with Gasteiger partial charge in [0.1, 0.15) is 0 Å². The van der Waals surface area contributed by atoms with Crippen molar-refractivity contribution < 1.29 is 8.42 Å². The van der Waals surface area contributed by atoms with Gasteiger partial charge in [-0.25, -0.2) is 13.4 Å². The summed E-state index contributed by atoms with van der Waals surface area (Å²) in [6, 6.07) is 0.0615. The molecule has 2 heterocycles. The fourth-order valence-corrected chi connectivity index (χ4v) is 3.64. The van der Waals surface area contributed by atoms with Crippen molar-refractivity contribution in [2.45, 2.75) is 30.8 Å². The van der Waals surface area contributed by atoms with E-state index in [2.05, 4.69) is 15.3 Å². The summed E-state index contributed by atoms with van der Waals surface area (Å²) >= 11 is 0. The molecular weight excluding hydrogens is 226 g/mol. The zero-order chi connectivity index (χ0) is 11.6. The summed E-state index contributed by atoms with van der Waals surface area (Å²) in [7, 11) is -3.31. The average molecular weight is 241 g/mol. The molecule has 0 spiro atoms. The smallest absolute Gasteiger partial charge is 0.198 e. The van der Waals surface area contributed by atoms with Gasteiger partial charge in [-0.1, -0.05) is 0 Å². The van der Waals surface area contributed by atoms with Crippen LogP contribution in [0.3, 0.4) is 0 Å². The van der Waals surface area contributed by atoms with Gasteiger partial charge in [0.25, 0.3) is 0 Å². The predicted molar refractivity (Wildman–Crippen MR) is 59.8 cm³/mol. The number of aryl methyl sites for hydroxylation is 1. The van der Waals surface area contributed by atoms with E-state index in [4.69, 9.17) is 0 Å². The van der Waals surface area contributed by atoms with Crippen LogP contribution in [0.2, 0.25) is 0 Å². The van der Waals surface area contributed by atoms with Gasteiger partial charge in [0, 0.05) is 18.4 Å². The minimum absolute atomic E-state index is 0.0615. The van der Waals surface area contributed by atoms with Gasteiger partial charge in [-0.15, -0.1) is 0 Å². The minimum atomic E-state index is -3.31. The van der Waals surface area contributed by atoms with E-state index >= 15 is 0 Å². The lowest BCUT2D eigenvalue weighted by atomic mass is 10.3. The third-order valence-corrected chi connectivity index (χ3v) is 4.54. The molecule has 88 valence electrons. The first-order chi connectivity index (χ1) is 7.59. The molecule has 1 N–H and O–H groups in total. The van der Waals surface area contributed by atoms with Gasteiger partial charge in [-0.05, 0) is 26.3 Å². The summed E-state index contributed by atoms with van der Waals surface area (Å²) in [6.45, 7) is 2.57. The van der Waals surface area contributed by atoms with E-state index in [1.807, 2.05) is 0 Å². The second kappa shape index (κ2) is 4.47. The number of nitrogens with one attached hydrogen (secondary N) is 1. The van der Waals surface area contributed by atoms with E-state index in [-0.39, 0.29) is 16.8 Å². The summed E-state index contributed by atoms with van der Waals surface area (Å²) in [4.78, 5) is 7.87. The molecule has 0 amide bonds. The molecule has 1 saturated heterocycles. The van der Waals surface area contributed by atoms with Crippen LogP contribution in [-0.4, -0.2) is 36.7 Å². The summed E-state index contributed by atoms with van der Waals surface area (Å²) in [6.07, 6.45) is 4.88. The number of rotatable bonds is 3. The van der Waals surface area contributed by atoms with Crippen LogP contribution in [0.15, 0.2) is 17.4 Å². The summed E-state index contributed by atoms with van der Waals surface area (Å²) < 4.78 is 24.1. The average Bonchev–Trinajstić information content (AvgIpc) is 2.70. The van der Waals surface area contributed by atoms with E-state index in [0.717, 1.165) is 19.4 Å². The van der Waals surface area contributed by atoms with Crippen molar-refractivity contribution >= 4 is 9.84 Å². The fourth-order valence-electron chi connectivity index (χ4n) is 1.94. The van der Waals surface area contributed by atoms with Crippen LogP contribution in [0, 0.1) is 6.92 Å². The molecular formula is C10H15N3O2S. The van der Waals surface area contributed by atoms with Gasteiger partial charge in [-0.3, -0.25) is 4.98 Å². The Bertz CT molecular complexity index is 467. The molecule has 1 aromatic heterocycles. The maximum atomic E-state index is 12.1. The molecule has 1 aliphatic rings. The lowest BCUT2D eigenvalue weighted by Crippen LogP contribution is -2.30. The van der Waals surface area contributed by atoms with Crippen molar-refractivity contribution in [3.8, 4) is 0 Å². The summed E-state index contributed by atoms with van der Waals surface area (Å²) in [5, 5.41) is 3.29. The van der Waals surface area contributed by atoms with Crippen LogP contribution in [0.25, 0.3) is 0 Å². The van der Waals surface area contributed by atoms with E-state index in [0.29, 0.717) is 5.69 Å². The topological polar surface area (TPSA) is 72.0 Å². The molecule has 1 aromatic rings. The third kappa shape index (κ3) is 2.38. The van der Waals surface area contributed by atoms with Gasteiger partial charge < -0.3 is 5.32 Å². The monoisotopic (exact) mass is 241 g/mol. The van der Waals surface area contributed by atoms with Crippen molar-refractivity contribution in [1.82, 2.24) is 15.3 Å². The first-order valence-electron chi connectivity index (χ1n) is 5.33. The second-order valence-corrected chi connectivity index (χ2v) is 5.97. The normalized spacial score (nSPS) is 21.2. The lowest BCUT2D eigenvalue weighted by Gasteiger charge is -2.11. The molecule has 1 fully saturated rings.